The highest BCUT2D eigenvalue weighted by molar-refractivity contribution is 6.30. The highest BCUT2D eigenvalue weighted by Crippen LogP contribution is 2.31. The van der Waals surface area contributed by atoms with Gasteiger partial charge in [0.25, 0.3) is 5.91 Å². The van der Waals surface area contributed by atoms with E-state index in [9.17, 15) is 9.18 Å². The van der Waals surface area contributed by atoms with Gasteiger partial charge in [-0.3, -0.25) is 4.79 Å². The lowest BCUT2D eigenvalue weighted by atomic mass is 10.00. The Balaban J connectivity index is 1.45. The second-order valence-electron chi connectivity index (χ2n) is 6.42. The first-order valence-electron chi connectivity index (χ1n) is 8.39. The molecule has 2 heterocycles. The Labute approximate surface area is 155 Å². The summed E-state index contributed by atoms with van der Waals surface area (Å²) in [6, 6.07) is 13.1. The molecule has 1 N–H and O–H groups in total. The van der Waals surface area contributed by atoms with E-state index in [0.29, 0.717) is 42.4 Å². The minimum Gasteiger partial charge on any atom is -0.338 e. The summed E-state index contributed by atoms with van der Waals surface area (Å²) in [5.41, 5.74) is 3.47. The quantitative estimate of drug-likeness (QED) is 0.877. The Morgan fingerprint density at radius 3 is 2.62 bits per heavy atom. The molecule has 2 aliphatic rings. The van der Waals surface area contributed by atoms with Crippen molar-refractivity contribution in [3.05, 3.63) is 70.5 Å². The maximum absolute atomic E-state index is 13.3. The zero-order chi connectivity index (χ0) is 18.1. The first-order chi connectivity index (χ1) is 12.5. The summed E-state index contributed by atoms with van der Waals surface area (Å²) in [6.07, 6.45) is 1.14. The molecule has 1 fully saturated rings. The normalized spacial score (nSPS) is 18.5. The van der Waals surface area contributed by atoms with E-state index in [1.165, 1.54) is 12.1 Å². The maximum atomic E-state index is 13.3. The van der Waals surface area contributed by atoms with Crippen LogP contribution >= 0.6 is 11.6 Å². The van der Waals surface area contributed by atoms with Crippen molar-refractivity contribution in [2.75, 3.05) is 13.1 Å². The SMILES string of the molecule is O=C(c1cccc(F)c1)N1CCC2(CC1)N=C(c1ccc(Cl)cc1)NO2. The lowest BCUT2D eigenvalue weighted by molar-refractivity contribution is -0.0849. The largest absolute Gasteiger partial charge is 0.338 e. The maximum Gasteiger partial charge on any atom is 0.253 e. The van der Waals surface area contributed by atoms with Crippen LogP contribution in [0.15, 0.2) is 53.5 Å². The Bertz CT molecular complexity index is 861. The molecule has 2 aliphatic heterocycles. The van der Waals surface area contributed by atoms with Gasteiger partial charge in [-0.05, 0) is 42.5 Å². The van der Waals surface area contributed by atoms with Crippen molar-refractivity contribution in [2.45, 2.75) is 18.6 Å². The van der Waals surface area contributed by atoms with Gasteiger partial charge in [0, 0.05) is 42.1 Å². The molecule has 1 amide bonds. The van der Waals surface area contributed by atoms with Crippen molar-refractivity contribution >= 4 is 23.3 Å². The predicted octanol–water partition coefficient (Wildman–Crippen LogP) is 3.39. The smallest absolute Gasteiger partial charge is 0.253 e. The number of amides is 1. The number of carbonyl (C=O) groups is 1. The third-order valence-electron chi connectivity index (χ3n) is 4.67. The number of hydrogen-bond donors (Lipinski definition) is 1. The molecule has 0 atom stereocenters. The summed E-state index contributed by atoms with van der Waals surface area (Å²) in [5, 5.41) is 0.659. The van der Waals surface area contributed by atoms with E-state index in [-0.39, 0.29) is 5.91 Å². The van der Waals surface area contributed by atoms with E-state index < -0.39 is 11.5 Å². The number of rotatable bonds is 2. The zero-order valence-corrected chi connectivity index (χ0v) is 14.7. The number of nitrogens with one attached hydrogen (secondary N) is 1. The lowest BCUT2D eigenvalue weighted by Crippen LogP contribution is -2.46. The highest BCUT2D eigenvalue weighted by atomic mass is 35.5. The average Bonchev–Trinajstić information content (AvgIpc) is 3.06. The third-order valence-corrected chi connectivity index (χ3v) is 4.93. The van der Waals surface area contributed by atoms with E-state index in [4.69, 9.17) is 21.4 Å². The van der Waals surface area contributed by atoms with Crippen LogP contribution in [0.4, 0.5) is 4.39 Å². The van der Waals surface area contributed by atoms with Crippen LogP contribution in [0.25, 0.3) is 0 Å². The minimum absolute atomic E-state index is 0.174. The molecule has 0 radical (unpaired) electrons. The first kappa shape index (κ1) is 17.0. The van der Waals surface area contributed by atoms with Gasteiger partial charge in [-0.2, -0.15) is 0 Å². The van der Waals surface area contributed by atoms with Crippen LogP contribution in [0.5, 0.6) is 0 Å². The van der Waals surface area contributed by atoms with Gasteiger partial charge in [0.05, 0.1) is 0 Å². The second kappa shape index (κ2) is 6.70. The van der Waals surface area contributed by atoms with Crippen molar-refractivity contribution < 1.29 is 14.0 Å². The minimum atomic E-state index is -0.673. The lowest BCUT2D eigenvalue weighted by Gasteiger charge is -2.35. The predicted molar refractivity (Wildman–Crippen MR) is 96.5 cm³/mol. The summed E-state index contributed by atoms with van der Waals surface area (Å²) in [6.45, 7) is 0.989. The van der Waals surface area contributed by atoms with Crippen LogP contribution in [0.3, 0.4) is 0 Å². The van der Waals surface area contributed by atoms with E-state index in [1.807, 2.05) is 12.1 Å². The summed E-state index contributed by atoms with van der Waals surface area (Å²) in [5.74, 6) is 0.0728. The zero-order valence-electron chi connectivity index (χ0n) is 13.9. The van der Waals surface area contributed by atoms with Gasteiger partial charge >= 0.3 is 0 Å². The van der Waals surface area contributed by atoms with Crippen molar-refractivity contribution in [1.82, 2.24) is 10.4 Å². The molecule has 134 valence electrons. The molecule has 7 heteroatoms. The molecule has 0 aliphatic carbocycles. The molecule has 1 spiro atoms. The standard InChI is InChI=1S/C19H17ClFN3O2/c20-15-6-4-13(5-7-15)17-22-19(26-23-17)8-10-24(11-9-19)18(25)14-2-1-3-16(21)12-14/h1-7,12H,8-11H2,(H,22,23). The van der Waals surface area contributed by atoms with Gasteiger partial charge < -0.3 is 4.90 Å². The monoisotopic (exact) mass is 373 g/mol. The number of piperidine rings is 1. The van der Waals surface area contributed by atoms with Gasteiger partial charge in [0.1, 0.15) is 5.82 Å². The number of amidine groups is 1. The van der Waals surface area contributed by atoms with Gasteiger partial charge in [-0.25, -0.2) is 19.7 Å². The van der Waals surface area contributed by atoms with Crippen molar-refractivity contribution in [2.24, 2.45) is 4.99 Å². The van der Waals surface area contributed by atoms with Gasteiger partial charge in [-0.15, -0.1) is 0 Å². The average molecular weight is 374 g/mol. The van der Waals surface area contributed by atoms with Crippen LogP contribution in [0.1, 0.15) is 28.8 Å². The molecular formula is C19H17ClFN3O2. The number of likely N-dealkylation sites (tertiary alicyclic amines) is 1. The molecule has 0 saturated carbocycles. The summed E-state index contributed by atoms with van der Waals surface area (Å²) in [7, 11) is 0. The molecule has 5 nitrogen and oxygen atoms in total. The molecule has 2 aromatic rings. The van der Waals surface area contributed by atoms with Crippen molar-refractivity contribution in [3.63, 3.8) is 0 Å². The fraction of sp³-hybridized carbons (Fsp3) is 0.263. The van der Waals surface area contributed by atoms with E-state index in [0.717, 1.165) is 5.56 Å². The number of benzene rings is 2. The number of aliphatic imine (C=N–C) groups is 1. The van der Waals surface area contributed by atoms with Crippen LogP contribution in [-0.2, 0) is 4.84 Å². The molecule has 1 saturated heterocycles. The molecule has 2 aromatic carbocycles. The molecular weight excluding hydrogens is 357 g/mol. The molecule has 4 rings (SSSR count). The number of hydrogen-bond acceptors (Lipinski definition) is 4. The van der Waals surface area contributed by atoms with E-state index in [2.05, 4.69) is 5.48 Å². The fourth-order valence-electron chi connectivity index (χ4n) is 3.20. The van der Waals surface area contributed by atoms with Crippen LogP contribution in [-0.4, -0.2) is 35.5 Å². The number of hydroxylamine groups is 1. The van der Waals surface area contributed by atoms with Gasteiger partial charge in [0.15, 0.2) is 11.6 Å². The van der Waals surface area contributed by atoms with E-state index >= 15 is 0 Å². The molecule has 26 heavy (non-hydrogen) atoms. The van der Waals surface area contributed by atoms with Gasteiger partial charge in [0.2, 0.25) is 0 Å². The van der Waals surface area contributed by atoms with Crippen LogP contribution in [0.2, 0.25) is 5.02 Å². The van der Waals surface area contributed by atoms with Crippen molar-refractivity contribution in [3.8, 4) is 0 Å². The number of carbonyl (C=O) groups excluding carboxylic acids is 1. The second-order valence-corrected chi connectivity index (χ2v) is 6.86. The van der Waals surface area contributed by atoms with Gasteiger partial charge in [-0.1, -0.05) is 17.7 Å². The summed E-state index contributed by atoms with van der Waals surface area (Å²) >= 11 is 5.91. The summed E-state index contributed by atoms with van der Waals surface area (Å²) < 4.78 is 13.3. The Hall–Kier alpha value is -2.44. The van der Waals surface area contributed by atoms with E-state index in [1.54, 1.807) is 29.2 Å². The van der Waals surface area contributed by atoms with Crippen LogP contribution in [0, 0.1) is 5.82 Å². The van der Waals surface area contributed by atoms with Crippen LogP contribution < -0.4 is 5.48 Å². The Morgan fingerprint density at radius 2 is 1.92 bits per heavy atom. The van der Waals surface area contributed by atoms with Crippen molar-refractivity contribution in [1.29, 1.82) is 0 Å². The summed E-state index contributed by atoms with van der Waals surface area (Å²) in [4.78, 5) is 24.7. The Kier molecular flexibility index (Phi) is 4.38. The highest BCUT2D eigenvalue weighted by Gasteiger charge is 2.41. The number of halogens is 2. The molecule has 0 bridgehead atoms. The molecule has 0 unspecified atom stereocenters. The molecule has 0 aromatic heterocycles. The fourth-order valence-corrected chi connectivity index (χ4v) is 3.33. The number of nitrogens with zero attached hydrogens (tertiary/aromatic N) is 2. The third kappa shape index (κ3) is 3.30. The first-order valence-corrected chi connectivity index (χ1v) is 8.77. The topological polar surface area (TPSA) is 53.9 Å². The Morgan fingerprint density at radius 1 is 1.19 bits per heavy atom.